The van der Waals surface area contributed by atoms with Gasteiger partial charge in [0, 0.05) is 7.11 Å². The van der Waals surface area contributed by atoms with Crippen LogP contribution in [0.5, 0.6) is 0 Å². The van der Waals surface area contributed by atoms with Crippen LogP contribution in [-0.4, -0.2) is 13.2 Å². The molecular formula is C17H30O. The van der Waals surface area contributed by atoms with Gasteiger partial charge in [0.1, 0.15) is 0 Å². The van der Waals surface area contributed by atoms with Gasteiger partial charge >= 0.3 is 0 Å². The maximum absolute atomic E-state index is 5.63. The molecule has 2 saturated carbocycles. The van der Waals surface area contributed by atoms with E-state index in [1.54, 1.807) is 0 Å². The third kappa shape index (κ3) is 2.82. The summed E-state index contributed by atoms with van der Waals surface area (Å²) in [5, 5.41) is 0. The van der Waals surface area contributed by atoms with Gasteiger partial charge in [0.25, 0.3) is 0 Å². The Hall–Kier alpha value is -0.300. The van der Waals surface area contributed by atoms with E-state index in [0.29, 0.717) is 6.10 Å². The van der Waals surface area contributed by atoms with Crippen molar-refractivity contribution >= 4 is 0 Å². The molecule has 0 N–H and O–H groups in total. The van der Waals surface area contributed by atoms with Gasteiger partial charge in [-0.05, 0) is 68.1 Å². The molecule has 0 aromatic rings. The molecule has 0 radical (unpaired) electrons. The first-order chi connectivity index (χ1) is 8.67. The zero-order valence-electron chi connectivity index (χ0n) is 12.4. The summed E-state index contributed by atoms with van der Waals surface area (Å²) in [6.07, 6.45) is 10.9. The summed E-state index contributed by atoms with van der Waals surface area (Å²) < 4.78 is 5.63. The first-order valence-corrected chi connectivity index (χ1v) is 7.82. The highest BCUT2D eigenvalue weighted by atomic mass is 16.5. The Bertz CT molecular complexity index is 265. The van der Waals surface area contributed by atoms with Crippen molar-refractivity contribution in [2.75, 3.05) is 7.11 Å². The zero-order chi connectivity index (χ0) is 13.1. The van der Waals surface area contributed by atoms with Gasteiger partial charge in [-0.15, -0.1) is 6.58 Å². The Morgan fingerprint density at radius 1 is 0.944 bits per heavy atom. The van der Waals surface area contributed by atoms with Crippen molar-refractivity contribution in [3.63, 3.8) is 0 Å². The number of rotatable bonds is 3. The van der Waals surface area contributed by atoms with Crippen LogP contribution in [0.3, 0.4) is 0 Å². The molecule has 0 heterocycles. The second-order valence-corrected chi connectivity index (χ2v) is 6.64. The number of methoxy groups -OCH3 is 1. The fraction of sp³-hybridized carbons (Fsp3) is 0.882. The van der Waals surface area contributed by atoms with Crippen LogP contribution in [-0.2, 0) is 4.74 Å². The first-order valence-electron chi connectivity index (χ1n) is 7.82. The highest BCUT2D eigenvalue weighted by molar-refractivity contribution is 4.91. The van der Waals surface area contributed by atoms with Crippen molar-refractivity contribution in [3.05, 3.63) is 12.7 Å². The fourth-order valence-electron chi connectivity index (χ4n) is 4.42. The van der Waals surface area contributed by atoms with E-state index in [0.717, 1.165) is 29.6 Å². The van der Waals surface area contributed by atoms with Gasteiger partial charge in [-0.25, -0.2) is 0 Å². The second kappa shape index (κ2) is 6.23. The minimum Gasteiger partial charge on any atom is -0.381 e. The molecule has 2 aliphatic rings. The van der Waals surface area contributed by atoms with Crippen LogP contribution in [0.4, 0.5) is 0 Å². The highest BCUT2D eigenvalue weighted by Gasteiger charge is 2.38. The minimum atomic E-state index is 0.501. The van der Waals surface area contributed by atoms with Crippen molar-refractivity contribution in [1.82, 2.24) is 0 Å². The lowest BCUT2D eigenvalue weighted by atomic mass is 9.63. The van der Waals surface area contributed by atoms with Gasteiger partial charge in [-0.1, -0.05) is 19.9 Å². The standard InChI is InChI=1S/C17H30O/c1-5-14-6-8-15(9-7-14)16-10-11-17(18-4)13(3)12(16)2/h5,12-17H,1,6-11H2,2-4H3. The monoisotopic (exact) mass is 250 g/mol. The molecule has 4 unspecified atom stereocenters. The molecule has 4 atom stereocenters. The summed E-state index contributed by atoms with van der Waals surface area (Å²) in [4.78, 5) is 0. The highest BCUT2D eigenvalue weighted by Crippen LogP contribution is 2.45. The summed E-state index contributed by atoms with van der Waals surface area (Å²) >= 11 is 0. The number of hydrogen-bond donors (Lipinski definition) is 0. The minimum absolute atomic E-state index is 0.501. The first kappa shape index (κ1) is 14.1. The second-order valence-electron chi connectivity index (χ2n) is 6.64. The van der Waals surface area contributed by atoms with Crippen molar-refractivity contribution in [2.45, 2.75) is 58.5 Å². The van der Waals surface area contributed by atoms with E-state index in [2.05, 4.69) is 26.5 Å². The average molecular weight is 250 g/mol. The number of ether oxygens (including phenoxy) is 1. The molecule has 18 heavy (non-hydrogen) atoms. The molecule has 0 saturated heterocycles. The molecule has 0 aromatic carbocycles. The molecule has 0 amide bonds. The molecule has 104 valence electrons. The third-order valence-electron chi connectivity index (χ3n) is 5.93. The van der Waals surface area contributed by atoms with Crippen LogP contribution in [0.25, 0.3) is 0 Å². The van der Waals surface area contributed by atoms with E-state index in [-0.39, 0.29) is 0 Å². The lowest BCUT2D eigenvalue weighted by Gasteiger charge is -2.44. The smallest absolute Gasteiger partial charge is 0.0599 e. The normalized spacial score (nSPS) is 45.7. The zero-order valence-corrected chi connectivity index (χ0v) is 12.4. The SMILES string of the molecule is C=CC1CCC(C2CCC(OC)C(C)C2C)CC1. The van der Waals surface area contributed by atoms with Gasteiger partial charge < -0.3 is 4.74 Å². The summed E-state index contributed by atoms with van der Waals surface area (Å²) in [6, 6.07) is 0. The van der Waals surface area contributed by atoms with E-state index in [1.807, 2.05) is 7.11 Å². The van der Waals surface area contributed by atoms with Crippen LogP contribution >= 0.6 is 0 Å². The molecule has 2 rings (SSSR count). The molecule has 0 aromatic heterocycles. The van der Waals surface area contributed by atoms with Crippen molar-refractivity contribution in [2.24, 2.45) is 29.6 Å². The Morgan fingerprint density at radius 3 is 2.17 bits per heavy atom. The number of allylic oxidation sites excluding steroid dienone is 1. The molecule has 0 aliphatic heterocycles. The molecule has 1 heteroatoms. The Labute approximate surface area is 113 Å². The molecule has 0 bridgehead atoms. The maximum Gasteiger partial charge on any atom is 0.0599 e. The fourth-order valence-corrected chi connectivity index (χ4v) is 4.42. The Morgan fingerprint density at radius 2 is 1.61 bits per heavy atom. The molecule has 2 aliphatic carbocycles. The van der Waals surface area contributed by atoms with Crippen LogP contribution < -0.4 is 0 Å². The molecule has 2 fully saturated rings. The predicted molar refractivity (Wildman–Crippen MR) is 77.5 cm³/mol. The van der Waals surface area contributed by atoms with Crippen LogP contribution in [0.1, 0.15) is 52.4 Å². The topological polar surface area (TPSA) is 9.23 Å². The number of hydrogen-bond acceptors (Lipinski definition) is 1. The van der Waals surface area contributed by atoms with Gasteiger partial charge in [0.15, 0.2) is 0 Å². The summed E-state index contributed by atoms with van der Waals surface area (Å²) in [6.45, 7) is 8.80. The maximum atomic E-state index is 5.63. The lowest BCUT2D eigenvalue weighted by molar-refractivity contribution is -0.0329. The summed E-state index contributed by atoms with van der Waals surface area (Å²) in [7, 11) is 1.88. The van der Waals surface area contributed by atoms with E-state index in [1.165, 1.54) is 38.5 Å². The van der Waals surface area contributed by atoms with E-state index < -0.39 is 0 Å². The van der Waals surface area contributed by atoms with Crippen molar-refractivity contribution in [1.29, 1.82) is 0 Å². The lowest BCUT2D eigenvalue weighted by Crippen LogP contribution is -2.39. The van der Waals surface area contributed by atoms with Crippen LogP contribution in [0.15, 0.2) is 12.7 Å². The van der Waals surface area contributed by atoms with Gasteiger partial charge in [0.2, 0.25) is 0 Å². The van der Waals surface area contributed by atoms with Crippen LogP contribution in [0.2, 0.25) is 0 Å². The quantitative estimate of drug-likeness (QED) is 0.661. The van der Waals surface area contributed by atoms with E-state index in [4.69, 9.17) is 4.74 Å². The van der Waals surface area contributed by atoms with Gasteiger partial charge in [-0.2, -0.15) is 0 Å². The Balaban J connectivity index is 1.92. The molecule has 0 spiro atoms. The van der Waals surface area contributed by atoms with Gasteiger partial charge in [-0.3, -0.25) is 0 Å². The molecular weight excluding hydrogens is 220 g/mol. The van der Waals surface area contributed by atoms with E-state index in [9.17, 15) is 0 Å². The Kier molecular flexibility index (Phi) is 4.89. The van der Waals surface area contributed by atoms with Crippen molar-refractivity contribution < 1.29 is 4.74 Å². The van der Waals surface area contributed by atoms with Gasteiger partial charge in [0.05, 0.1) is 6.10 Å². The van der Waals surface area contributed by atoms with Crippen molar-refractivity contribution in [3.8, 4) is 0 Å². The average Bonchev–Trinajstić information content (AvgIpc) is 2.42. The van der Waals surface area contributed by atoms with E-state index >= 15 is 0 Å². The largest absolute Gasteiger partial charge is 0.381 e. The predicted octanol–water partition coefficient (Wildman–Crippen LogP) is 4.68. The molecule has 1 nitrogen and oxygen atoms in total. The summed E-state index contributed by atoms with van der Waals surface area (Å²) in [5.74, 6) is 4.26. The summed E-state index contributed by atoms with van der Waals surface area (Å²) in [5.41, 5.74) is 0. The third-order valence-corrected chi connectivity index (χ3v) is 5.93. The van der Waals surface area contributed by atoms with Crippen LogP contribution in [0, 0.1) is 29.6 Å².